The van der Waals surface area contributed by atoms with E-state index in [-0.39, 0.29) is 12.3 Å². The van der Waals surface area contributed by atoms with E-state index in [0.717, 1.165) is 18.6 Å². The molecule has 1 N–H and O–H groups in total. The third-order valence-electron chi connectivity index (χ3n) is 2.11. The molecule has 18 heavy (non-hydrogen) atoms. The lowest BCUT2D eigenvalue weighted by Crippen LogP contribution is -2.33. The Kier molecular flexibility index (Phi) is 5.73. The summed E-state index contributed by atoms with van der Waals surface area (Å²) >= 11 is -2.56. The summed E-state index contributed by atoms with van der Waals surface area (Å²) in [6.45, 7) is 2.10. The SMILES string of the molecule is CCCCOC(=O)N(c1ccc(F)cc1)S(=O)O. The smallest absolute Gasteiger partial charge is 0.428 e. The van der Waals surface area contributed by atoms with Crippen molar-refractivity contribution in [2.75, 3.05) is 10.9 Å². The molecule has 0 bridgehead atoms. The molecule has 0 spiro atoms. The summed E-state index contributed by atoms with van der Waals surface area (Å²) in [7, 11) is 0. The van der Waals surface area contributed by atoms with Gasteiger partial charge in [-0.15, -0.1) is 0 Å². The first kappa shape index (κ1) is 14.6. The fourth-order valence-corrected chi connectivity index (χ4v) is 1.68. The standard InChI is InChI=1S/C11H14FNO4S/c1-2-3-8-17-11(14)13(18(15)16)10-6-4-9(12)5-7-10/h4-7H,2-3,8H2,1H3,(H,15,16). The molecule has 0 fully saturated rings. The van der Waals surface area contributed by atoms with Crippen molar-refractivity contribution < 1.29 is 22.7 Å². The monoisotopic (exact) mass is 275 g/mol. The lowest BCUT2D eigenvalue weighted by Gasteiger charge is -2.17. The number of halogens is 1. The molecule has 1 unspecified atom stereocenters. The minimum absolute atomic E-state index is 0.0960. The largest absolute Gasteiger partial charge is 0.448 e. The normalized spacial score (nSPS) is 11.9. The maximum Gasteiger partial charge on any atom is 0.428 e. The van der Waals surface area contributed by atoms with Crippen LogP contribution in [0.3, 0.4) is 0 Å². The number of hydrogen-bond donors (Lipinski definition) is 1. The van der Waals surface area contributed by atoms with Gasteiger partial charge in [-0.2, -0.15) is 4.31 Å². The minimum atomic E-state index is -2.56. The Morgan fingerprint density at radius 2 is 2.06 bits per heavy atom. The lowest BCUT2D eigenvalue weighted by molar-refractivity contribution is 0.156. The minimum Gasteiger partial charge on any atom is -0.448 e. The fraction of sp³-hybridized carbons (Fsp3) is 0.364. The number of carbonyl (C=O) groups is 1. The number of benzene rings is 1. The van der Waals surface area contributed by atoms with Gasteiger partial charge in [0.25, 0.3) is 11.3 Å². The molecule has 1 amide bonds. The molecule has 0 aliphatic carbocycles. The van der Waals surface area contributed by atoms with Crippen LogP contribution in [0.15, 0.2) is 24.3 Å². The molecule has 1 atom stereocenters. The van der Waals surface area contributed by atoms with Gasteiger partial charge in [0.2, 0.25) is 0 Å². The molecular weight excluding hydrogens is 261 g/mol. The van der Waals surface area contributed by atoms with Crippen LogP contribution < -0.4 is 4.31 Å². The van der Waals surface area contributed by atoms with E-state index in [4.69, 9.17) is 9.29 Å². The van der Waals surface area contributed by atoms with Crippen molar-refractivity contribution in [3.63, 3.8) is 0 Å². The maximum atomic E-state index is 12.7. The molecule has 1 aromatic rings. The summed E-state index contributed by atoms with van der Waals surface area (Å²) in [5.41, 5.74) is 0.0960. The van der Waals surface area contributed by atoms with E-state index in [2.05, 4.69) is 0 Å². The van der Waals surface area contributed by atoms with E-state index in [1.54, 1.807) is 0 Å². The lowest BCUT2D eigenvalue weighted by atomic mass is 10.3. The van der Waals surface area contributed by atoms with Gasteiger partial charge in [0, 0.05) is 0 Å². The van der Waals surface area contributed by atoms with Crippen LogP contribution in [0.2, 0.25) is 0 Å². The molecule has 5 nitrogen and oxygen atoms in total. The molecule has 1 rings (SSSR count). The van der Waals surface area contributed by atoms with Crippen LogP contribution in [0, 0.1) is 5.82 Å². The number of unbranched alkanes of at least 4 members (excludes halogenated alkanes) is 1. The van der Waals surface area contributed by atoms with Gasteiger partial charge < -0.3 is 4.74 Å². The molecule has 1 aromatic carbocycles. The van der Waals surface area contributed by atoms with Gasteiger partial charge in [-0.05, 0) is 30.7 Å². The molecule has 0 radical (unpaired) electrons. The summed E-state index contributed by atoms with van der Waals surface area (Å²) in [5.74, 6) is -0.498. The van der Waals surface area contributed by atoms with Crippen molar-refractivity contribution in [3.8, 4) is 0 Å². The van der Waals surface area contributed by atoms with E-state index < -0.39 is 23.2 Å². The molecule has 0 saturated carbocycles. The molecule has 0 heterocycles. The highest BCUT2D eigenvalue weighted by atomic mass is 32.2. The summed E-state index contributed by atoms with van der Waals surface area (Å²) in [5, 5.41) is 0. The molecule has 0 aliphatic rings. The van der Waals surface area contributed by atoms with Gasteiger partial charge in [-0.25, -0.2) is 13.4 Å². The van der Waals surface area contributed by atoms with E-state index in [1.807, 2.05) is 6.92 Å². The van der Waals surface area contributed by atoms with Gasteiger partial charge in [-0.1, -0.05) is 13.3 Å². The van der Waals surface area contributed by atoms with Crippen molar-refractivity contribution in [1.29, 1.82) is 0 Å². The Labute approximate surface area is 107 Å². The highest BCUT2D eigenvalue weighted by molar-refractivity contribution is 7.81. The fourth-order valence-electron chi connectivity index (χ4n) is 1.20. The summed E-state index contributed by atoms with van der Waals surface area (Å²) < 4.78 is 38.3. The first-order valence-electron chi connectivity index (χ1n) is 5.39. The van der Waals surface area contributed by atoms with E-state index in [0.29, 0.717) is 10.7 Å². The van der Waals surface area contributed by atoms with Gasteiger partial charge in [0.15, 0.2) is 0 Å². The molecule has 7 heteroatoms. The van der Waals surface area contributed by atoms with Gasteiger partial charge in [0.05, 0.1) is 12.3 Å². The van der Waals surface area contributed by atoms with E-state index >= 15 is 0 Å². The quantitative estimate of drug-likeness (QED) is 0.662. The molecule has 0 aliphatic heterocycles. The van der Waals surface area contributed by atoms with E-state index in [9.17, 15) is 13.4 Å². The Morgan fingerprint density at radius 1 is 1.44 bits per heavy atom. The number of hydrogen-bond acceptors (Lipinski definition) is 3. The predicted octanol–water partition coefficient (Wildman–Crippen LogP) is 2.71. The number of carbonyl (C=O) groups excluding carboxylic acids is 1. The number of nitrogens with zero attached hydrogens (tertiary/aromatic N) is 1. The van der Waals surface area contributed by atoms with Crippen LogP contribution in [-0.2, 0) is 16.0 Å². The zero-order valence-corrected chi connectivity index (χ0v) is 10.7. The van der Waals surface area contributed by atoms with Gasteiger partial charge >= 0.3 is 6.09 Å². The average molecular weight is 275 g/mol. The maximum absolute atomic E-state index is 12.7. The second-order valence-corrected chi connectivity index (χ2v) is 4.30. The molecule has 0 saturated heterocycles. The highest BCUT2D eigenvalue weighted by Crippen LogP contribution is 2.17. The summed E-state index contributed by atoms with van der Waals surface area (Å²) in [6, 6.07) is 4.64. The Balaban J connectivity index is 2.79. The Bertz CT molecular complexity index is 424. The second-order valence-electron chi connectivity index (χ2n) is 3.47. The summed E-state index contributed by atoms with van der Waals surface area (Å²) in [4.78, 5) is 11.6. The number of ether oxygens (including phenoxy) is 1. The van der Waals surface area contributed by atoms with Crippen LogP contribution in [0.4, 0.5) is 14.9 Å². The molecule has 0 aromatic heterocycles. The van der Waals surface area contributed by atoms with Crippen LogP contribution in [-0.4, -0.2) is 21.5 Å². The predicted molar refractivity (Wildman–Crippen MR) is 65.9 cm³/mol. The van der Waals surface area contributed by atoms with E-state index in [1.165, 1.54) is 12.1 Å². The topological polar surface area (TPSA) is 66.8 Å². The average Bonchev–Trinajstić information content (AvgIpc) is 2.32. The van der Waals surface area contributed by atoms with Gasteiger partial charge in [-0.3, -0.25) is 4.55 Å². The molecule has 100 valence electrons. The van der Waals surface area contributed by atoms with Crippen LogP contribution in [0.1, 0.15) is 19.8 Å². The van der Waals surface area contributed by atoms with Crippen molar-refractivity contribution in [2.45, 2.75) is 19.8 Å². The van der Waals surface area contributed by atoms with Crippen LogP contribution >= 0.6 is 0 Å². The second kappa shape index (κ2) is 7.07. The molecular formula is C11H14FNO4S. The highest BCUT2D eigenvalue weighted by Gasteiger charge is 2.22. The first-order chi connectivity index (χ1) is 8.56. The van der Waals surface area contributed by atoms with Crippen molar-refractivity contribution in [2.24, 2.45) is 0 Å². The number of rotatable bonds is 5. The third kappa shape index (κ3) is 4.08. The van der Waals surface area contributed by atoms with Crippen molar-refractivity contribution in [1.82, 2.24) is 0 Å². The van der Waals surface area contributed by atoms with Crippen molar-refractivity contribution in [3.05, 3.63) is 30.1 Å². The number of anilines is 1. The number of amides is 1. The van der Waals surface area contributed by atoms with Crippen LogP contribution in [0.25, 0.3) is 0 Å². The zero-order valence-electron chi connectivity index (χ0n) is 9.84. The Morgan fingerprint density at radius 3 is 2.56 bits per heavy atom. The summed E-state index contributed by atoms with van der Waals surface area (Å²) in [6.07, 6.45) is 0.573. The van der Waals surface area contributed by atoms with Crippen LogP contribution in [0.5, 0.6) is 0 Å². The third-order valence-corrected chi connectivity index (χ3v) is 2.78. The van der Waals surface area contributed by atoms with Crippen molar-refractivity contribution >= 4 is 23.0 Å². The Hall–Kier alpha value is -1.47. The zero-order chi connectivity index (χ0) is 13.5. The first-order valence-corrected chi connectivity index (χ1v) is 6.46. The van der Waals surface area contributed by atoms with Gasteiger partial charge in [0.1, 0.15) is 5.82 Å².